The van der Waals surface area contributed by atoms with E-state index >= 15 is 0 Å². The van der Waals surface area contributed by atoms with Crippen molar-refractivity contribution in [2.75, 3.05) is 13.7 Å². The first-order valence-corrected chi connectivity index (χ1v) is 19.0. The lowest BCUT2D eigenvalue weighted by Crippen LogP contribution is -2.60. The van der Waals surface area contributed by atoms with Crippen molar-refractivity contribution in [2.45, 2.75) is 149 Å². The van der Waals surface area contributed by atoms with Crippen LogP contribution in [0.15, 0.2) is 0 Å². The smallest absolute Gasteiger partial charge is 0.407 e. The van der Waals surface area contributed by atoms with E-state index in [0.717, 1.165) is 64.2 Å². The highest BCUT2D eigenvalue weighted by molar-refractivity contribution is 6.39. The third-order valence-corrected chi connectivity index (χ3v) is 11.5. The minimum absolute atomic E-state index is 0.0472. The van der Waals surface area contributed by atoms with Crippen LogP contribution in [-0.2, 0) is 33.5 Å². The topological polar surface area (TPSA) is 168 Å². The van der Waals surface area contributed by atoms with Crippen LogP contribution in [0.3, 0.4) is 0 Å². The van der Waals surface area contributed by atoms with Gasteiger partial charge in [-0.05, 0) is 81.0 Å². The van der Waals surface area contributed by atoms with Gasteiger partial charge in [0, 0.05) is 25.3 Å². The van der Waals surface area contributed by atoms with Crippen LogP contribution >= 0.6 is 0 Å². The molecule has 0 aromatic heterocycles. The van der Waals surface area contributed by atoms with E-state index < -0.39 is 59.1 Å². The number of amides is 4. The Labute approximate surface area is 297 Å². The number of rotatable bonds is 16. The summed E-state index contributed by atoms with van der Waals surface area (Å²) in [5.74, 6) is -2.90. The number of likely N-dealkylation sites (tertiary alicyclic amines) is 1. The Morgan fingerprint density at radius 1 is 0.860 bits per heavy atom. The number of carbonyl (C=O) groups is 7. The zero-order chi connectivity index (χ0) is 36.7. The van der Waals surface area contributed by atoms with Crippen LogP contribution < -0.4 is 16.0 Å². The third kappa shape index (κ3) is 9.93. The molecule has 4 aliphatic rings. The Kier molecular flexibility index (Phi) is 13.6. The Morgan fingerprint density at radius 3 is 2.14 bits per heavy atom. The van der Waals surface area contributed by atoms with Crippen LogP contribution in [0.5, 0.6) is 0 Å². The van der Waals surface area contributed by atoms with Gasteiger partial charge in [0.25, 0.3) is 0 Å². The minimum atomic E-state index is -0.982. The van der Waals surface area contributed by atoms with Crippen LogP contribution in [0.25, 0.3) is 0 Å². The highest BCUT2D eigenvalue weighted by Crippen LogP contribution is 2.43. The molecule has 1 aliphatic heterocycles. The van der Waals surface area contributed by atoms with Crippen molar-refractivity contribution in [3.63, 3.8) is 0 Å². The van der Waals surface area contributed by atoms with E-state index in [1.54, 1.807) is 11.8 Å². The van der Waals surface area contributed by atoms with E-state index in [4.69, 9.17) is 0 Å². The zero-order valence-corrected chi connectivity index (χ0v) is 31.0. The van der Waals surface area contributed by atoms with E-state index in [9.17, 15) is 33.6 Å². The molecule has 1 saturated heterocycles. The molecule has 4 amide bonds. The van der Waals surface area contributed by atoms with Crippen molar-refractivity contribution in [1.82, 2.24) is 20.9 Å². The summed E-state index contributed by atoms with van der Waals surface area (Å²) in [7, 11) is 1.22. The number of carbonyl (C=O) groups excluding carboxylic acids is 7. The highest BCUT2D eigenvalue weighted by Gasteiger charge is 2.52. The molecule has 0 radical (unpaired) electrons. The van der Waals surface area contributed by atoms with Gasteiger partial charge in [-0.3, -0.25) is 28.8 Å². The fourth-order valence-corrected chi connectivity index (χ4v) is 8.35. The van der Waals surface area contributed by atoms with Crippen LogP contribution in [0, 0.1) is 35.0 Å². The summed E-state index contributed by atoms with van der Waals surface area (Å²) in [6.45, 7) is 9.44. The van der Waals surface area contributed by atoms with Crippen LogP contribution in [-0.4, -0.2) is 83.9 Å². The number of hydrogen-bond donors (Lipinski definition) is 3. The molecule has 12 nitrogen and oxygen atoms in total. The fourth-order valence-electron chi connectivity index (χ4n) is 8.35. The first kappa shape index (κ1) is 39.5. The molecule has 1 heterocycles. The molecule has 3 saturated carbocycles. The van der Waals surface area contributed by atoms with Crippen molar-refractivity contribution < 1.29 is 38.3 Å². The second-order valence-corrected chi connectivity index (χ2v) is 16.4. The molecule has 12 heteroatoms. The molecular weight excluding hydrogens is 640 g/mol. The highest BCUT2D eigenvalue weighted by atomic mass is 16.5. The Bertz CT molecular complexity index is 1280. The third-order valence-electron chi connectivity index (χ3n) is 11.5. The molecule has 3 aliphatic carbocycles. The van der Waals surface area contributed by atoms with Crippen molar-refractivity contribution in [3.05, 3.63) is 0 Å². The van der Waals surface area contributed by atoms with Gasteiger partial charge in [-0.2, -0.15) is 0 Å². The molecule has 0 bridgehead atoms. The summed E-state index contributed by atoms with van der Waals surface area (Å²) >= 11 is 0. The van der Waals surface area contributed by atoms with Gasteiger partial charge in [0.1, 0.15) is 12.1 Å². The summed E-state index contributed by atoms with van der Waals surface area (Å²) in [6.07, 6.45) is 9.36. The number of nitrogens with zero attached hydrogens (tertiary/aromatic N) is 1. The van der Waals surface area contributed by atoms with Gasteiger partial charge in [0.2, 0.25) is 29.3 Å². The first-order chi connectivity index (χ1) is 23.7. The minimum Gasteiger partial charge on any atom is -0.453 e. The number of nitrogens with one attached hydrogen (secondary N) is 3. The second kappa shape index (κ2) is 17.3. The van der Waals surface area contributed by atoms with Gasteiger partial charge in [-0.25, -0.2) is 4.79 Å². The van der Waals surface area contributed by atoms with Crippen molar-refractivity contribution in [2.24, 2.45) is 35.0 Å². The number of ether oxygens (including phenoxy) is 1. The first-order valence-electron chi connectivity index (χ1n) is 19.0. The summed E-state index contributed by atoms with van der Waals surface area (Å²) in [6, 6.07) is -3.58. The maximum atomic E-state index is 14.6. The van der Waals surface area contributed by atoms with Gasteiger partial charge in [-0.15, -0.1) is 0 Å². The lowest BCUT2D eigenvalue weighted by molar-refractivity contribution is -0.146. The van der Waals surface area contributed by atoms with Gasteiger partial charge < -0.3 is 25.6 Å². The molecule has 4 fully saturated rings. The summed E-state index contributed by atoms with van der Waals surface area (Å²) in [5.41, 5.74) is -0.734. The average Bonchev–Trinajstić information content (AvgIpc) is 3.64. The zero-order valence-electron chi connectivity index (χ0n) is 31.0. The van der Waals surface area contributed by atoms with Crippen molar-refractivity contribution >= 4 is 41.2 Å². The van der Waals surface area contributed by atoms with Gasteiger partial charge in [-0.1, -0.05) is 59.8 Å². The lowest BCUT2D eigenvalue weighted by Gasteiger charge is -2.38. The molecule has 280 valence electrons. The van der Waals surface area contributed by atoms with E-state index in [2.05, 4.69) is 20.7 Å². The molecule has 50 heavy (non-hydrogen) atoms. The maximum absolute atomic E-state index is 14.6. The second-order valence-electron chi connectivity index (χ2n) is 16.4. The normalized spacial score (nSPS) is 24.7. The molecule has 7 atom stereocenters. The lowest BCUT2D eigenvalue weighted by atomic mass is 9.76. The Hall–Kier alpha value is -3.31. The predicted octanol–water partition coefficient (Wildman–Crippen LogP) is 4.27. The summed E-state index contributed by atoms with van der Waals surface area (Å²) in [5, 5.41) is 8.44. The van der Waals surface area contributed by atoms with Gasteiger partial charge >= 0.3 is 6.09 Å². The quantitative estimate of drug-likeness (QED) is 0.201. The largest absolute Gasteiger partial charge is 0.453 e. The van der Waals surface area contributed by atoms with E-state index in [1.807, 2.05) is 27.7 Å². The van der Waals surface area contributed by atoms with Crippen LogP contribution in [0.4, 0.5) is 4.79 Å². The van der Waals surface area contributed by atoms with Crippen molar-refractivity contribution in [3.8, 4) is 0 Å². The SMILES string of the molecule is CCC[C@H](NC(=O)C1[C@H]2CCC[C@H]2CN1C(=O)[C@@H](NC(=O)[C@@H](CC(=O)[C@@H](C)NC(=O)OC)C1CCCCC1)C(C)(C)C)C(=O)C(=O)CC1CC1. The molecule has 4 rings (SSSR count). The fraction of sp³-hybridized carbons (Fsp3) is 0.816. The maximum Gasteiger partial charge on any atom is 0.407 e. The number of alkyl carbamates (subject to hydrolysis) is 1. The number of fused-ring (bicyclic) bond motifs is 1. The molecule has 0 aromatic rings. The summed E-state index contributed by atoms with van der Waals surface area (Å²) < 4.78 is 4.65. The van der Waals surface area contributed by atoms with Crippen LogP contribution in [0.2, 0.25) is 0 Å². The van der Waals surface area contributed by atoms with Gasteiger partial charge in [0.05, 0.1) is 19.2 Å². The predicted molar refractivity (Wildman–Crippen MR) is 187 cm³/mol. The average molecular weight is 701 g/mol. The Morgan fingerprint density at radius 2 is 1.54 bits per heavy atom. The standard InChI is InChI=1S/C38H60N4O8/c1-7-12-28(32(45)30(44)19-23-17-18-23)40-35(47)31-26-16-11-15-25(26)21-42(31)36(48)33(38(3,4)5)41-34(46)27(24-13-9-8-10-14-24)20-29(43)22(2)39-37(49)50-6/h22-28,31,33H,7-21H2,1-6H3,(H,39,49)(H,40,47)(H,41,46)/t22-,25+,26+,27+,28+,31?,33-/m1/s1. The van der Waals surface area contributed by atoms with E-state index in [-0.39, 0.29) is 54.1 Å². The van der Waals surface area contributed by atoms with Crippen molar-refractivity contribution in [1.29, 1.82) is 0 Å². The summed E-state index contributed by atoms with van der Waals surface area (Å²) in [4.78, 5) is 95.5. The number of methoxy groups -OCH3 is 1. The van der Waals surface area contributed by atoms with Crippen LogP contribution in [0.1, 0.15) is 125 Å². The van der Waals surface area contributed by atoms with E-state index in [1.165, 1.54) is 7.11 Å². The molecule has 0 spiro atoms. The molecule has 1 unspecified atom stereocenters. The van der Waals surface area contributed by atoms with Gasteiger partial charge in [0.15, 0.2) is 5.78 Å². The molecular formula is C38H60N4O8. The number of Topliss-reactive ketones (excluding diaryl/α,β-unsaturated/α-hetero) is 3. The molecule has 0 aromatic carbocycles. The number of hydrogen-bond acceptors (Lipinski definition) is 8. The number of ketones is 3. The molecule has 3 N–H and O–H groups in total. The Balaban J connectivity index is 1.55. The monoisotopic (exact) mass is 700 g/mol. The van der Waals surface area contributed by atoms with E-state index in [0.29, 0.717) is 19.4 Å².